The maximum atomic E-state index is 13.4. The summed E-state index contributed by atoms with van der Waals surface area (Å²) in [4.78, 5) is 32.0. The van der Waals surface area contributed by atoms with Gasteiger partial charge in [-0.25, -0.2) is 4.98 Å². The standard InChI is InChI=1S/C21H25N3O4S/c1-6-14(19(22)25)24-17(10-13-7-8-15(27-4)16(9-13)28-5)23-20-18(21(24)26)11(2)12(3)29-20/h7-9,14H,6,10H2,1-5H3,(H2,22,25). The van der Waals surface area contributed by atoms with Gasteiger partial charge in [0.2, 0.25) is 5.91 Å². The zero-order valence-electron chi connectivity index (χ0n) is 17.2. The number of methoxy groups -OCH3 is 2. The minimum atomic E-state index is -0.755. The van der Waals surface area contributed by atoms with Crippen LogP contribution >= 0.6 is 11.3 Å². The summed E-state index contributed by atoms with van der Waals surface area (Å²) in [6, 6.07) is 4.78. The predicted octanol–water partition coefficient (Wildman–Crippen LogP) is 3.12. The lowest BCUT2D eigenvalue weighted by atomic mass is 10.1. The predicted molar refractivity (Wildman–Crippen MR) is 114 cm³/mol. The fourth-order valence-electron chi connectivity index (χ4n) is 3.48. The van der Waals surface area contributed by atoms with E-state index >= 15 is 0 Å². The van der Waals surface area contributed by atoms with E-state index in [0.717, 1.165) is 16.0 Å². The summed E-state index contributed by atoms with van der Waals surface area (Å²) in [5.41, 5.74) is 7.17. The zero-order valence-corrected chi connectivity index (χ0v) is 18.1. The number of fused-ring (bicyclic) bond motifs is 1. The van der Waals surface area contributed by atoms with E-state index in [4.69, 9.17) is 20.2 Å². The molecule has 0 bridgehead atoms. The Bertz CT molecular complexity index is 1130. The first-order chi connectivity index (χ1) is 13.8. The first kappa shape index (κ1) is 20.9. The van der Waals surface area contributed by atoms with Crippen LogP contribution in [0.4, 0.5) is 0 Å². The Labute approximate surface area is 173 Å². The van der Waals surface area contributed by atoms with E-state index in [1.54, 1.807) is 20.3 Å². The molecule has 8 heteroatoms. The summed E-state index contributed by atoms with van der Waals surface area (Å²) in [6.45, 7) is 5.70. The highest BCUT2D eigenvalue weighted by Crippen LogP contribution is 2.30. The Balaban J connectivity index is 2.23. The van der Waals surface area contributed by atoms with Gasteiger partial charge in [-0.2, -0.15) is 0 Å². The molecule has 0 aliphatic carbocycles. The van der Waals surface area contributed by atoms with E-state index in [1.807, 2.05) is 32.9 Å². The molecule has 0 spiro atoms. The molecule has 1 atom stereocenters. The monoisotopic (exact) mass is 415 g/mol. The SMILES string of the molecule is CCC(C(N)=O)n1c(Cc2ccc(OC)c(OC)c2)nc2sc(C)c(C)c2c1=O. The minimum Gasteiger partial charge on any atom is -0.493 e. The second kappa shape index (κ2) is 8.24. The van der Waals surface area contributed by atoms with Crippen molar-refractivity contribution in [2.24, 2.45) is 5.73 Å². The third kappa shape index (κ3) is 3.72. The summed E-state index contributed by atoms with van der Waals surface area (Å²) in [6.07, 6.45) is 0.759. The summed E-state index contributed by atoms with van der Waals surface area (Å²) < 4.78 is 12.1. The van der Waals surface area contributed by atoms with Crippen molar-refractivity contribution in [1.82, 2.24) is 9.55 Å². The maximum absolute atomic E-state index is 13.4. The van der Waals surface area contributed by atoms with Gasteiger partial charge in [-0.15, -0.1) is 11.3 Å². The van der Waals surface area contributed by atoms with Gasteiger partial charge in [-0.3, -0.25) is 14.2 Å². The Morgan fingerprint density at radius 3 is 2.52 bits per heavy atom. The van der Waals surface area contributed by atoms with Crippen molar-refractivity contribution in [2.45, 2.75) is 39.7 Å². The molecule has 0 aliphatic rings. The van der Waals surface area contributed by atoms with Crippen LogP contribution < -0.4 is 20.8 Å². The van der Waals surface area contributed by atoms with Crippen LogP contribution in [0.2, 0.25) is 0 Å². The maximum Gasteiger partial charge on any atom is 0.263 e. The lowest BCUT2D eigenvalue weighted by molar-refractivity contribution is -0.121. The van der Waals surface area contributed by atoms with E-state index in [9.17, 15) is 9.59 Å². The van der Waals surface area contributed by atoms with Crippen LogP contribution in [0, 0.1) is 13.8 Å². The van der Waals surface area contributed by atoms with Crippen molar-refractivity contribution >= 4 is 27.5 Å². The highest BCUT2D eigenvalue weighted by Gasteiger charge is 2.24. The van der Waals surface area contributed by atoms with Crippen molar-refractivity contribution in [3.63, 3.8) is 0 Å². The number of rotatable bonds is 7. The summed E-state index contributed by atoms with van der Waals surface area (Å²) in [5.74, 6) is 1.16. The van der Waals surface area contributed by atoms with Gasteiger partial charge in [-0.1, -0.05) is 13.0 Å². The number of hydrogen-bond donors (Lipinski definition) is 1. The molecular weight excluding hydrogens is 390 g/mol. The van der Waals surface area contributed by atoms with Crippen LogP contribution in [0.5, 0.6) is 11.5 Å². The van der Waals surface area contributed by atoms with Crippen molar-refractivity contribution in [2.75, 3.05) is 14.2 Å². The van der Waals surface area contributed by atoms with Crippen molar-refractivity contribution < 1.29 is 14.3 Å². The molecule has 29 heavy (non-hydrogen) atoms. The number of nitrogens with two attached hydrogens (primary N) is 1. The van der Waals surface area contributed by atoms with Crippen molar-refractivity contribution in [1.29, 1.82) is 0 Å². The van der Waals surface area contributed by atoms with Crippen LogP contribution in [0.3, 0.4) is 0 Å². The molecule has 0 saturated carbocycles. The van der Waals surface area contributed by atoms with Gasteiger partial charge >= 0.3 is 0 Å². The molecule has 1 aromatic carbocycles. The van der Waals surface area contributed by atoms with E-state index in [1.165, 1.54) is 15.9 Å². The quantitative estimate of drug-likeness (QED) is 0.640. The Morgan fingerprint density at radius 2 is 1.93 bits per heavy atom. The van der Waals surface area contributed by atoms with Crippen LogP contribution in [0.25, 0.3) is 10.2 Å². The van der Waals surface area contributed by atoms with Gasteiger partial charge in [0.15, 0.2) is 11.5 Å². The van der Waals surface area contributed by atoms with E-state index in [2.05, 4.69) is 0 Å². The molecule has 7 nitrogen and oxygen atoms in total. The third-order valence-corrected chi connectivity index (χ3v) is 6.25. The first-order valence-corrected chi connectivity index (χ1v) is 10.1. The molecule has 0 saturated heterocycles. The van der Waals surface area contributed by atoms with E-state index in [-0.39, 0.29) is 5.56 Å². The summed E-state index contributed by atoms with van der Waals surface area (Å²) in [5, 5.41) is 0.559. The number of amides is 1. The smallest absolute Gasteiger partial charge is 0.263 e. The number of primary amides is 1. The molecule has 1 unspecified atom stereocenters. The highest BCUT2D eigenvalue weighted by atomic mass is 32.1. The van der Waals surface area contributed by atoms with Gasteiger partial charge in [-0.05, 0) is 43.5 Å². The molecule has 0 aliphatic heterocycles. The van der Waals surface area contributed by atoms with Crippen LogP contribution in [0.15, 0.2) is 23.0 Å². The molecule has 2 heterocycles. The number of nitrogens with zero attached hydrogens (tertiary/aromatic N) is 2. The summed E-state index contributed by atoms with van der Waals surface area (Å²) >= 11 is 1.48. The number of carbonyl (C=O) groups is 1. The number of carbonyl (C=O) groups excluding carboxylic acids is 1. The second-order valence-corrected chi connectivity index (χ2v) is 8.06. The molecule has 154 valence electrons. The van der Waals surface area contributed by atoms with Crippen LogP contribution in [0.1, 0.15) is 41.2 Å². The molecular formula is C21H25N3O4S. The number of aromatic nitrogens is 2. The molecule has 1 amide bonds. The van der Waals surface area contributed by atoms with E-state index < -0.39 is 11.9 Å². The van der Waals surface area contributed by atoms with Gasteiger partial charge < -0.3 is 15.2 Å². The number of benzene rings is 1. The Morgan fingerprint density at radius 1 is 1.24 bits per heavy atom. The second-order valence-electron chi connectivity index (χ2n) is 6.86. The number of aryl methyl sites for hydroxylation is 2. The number of ether oxygens (including phenoxy) is 2. The average Bonchev–Trinajstić information content (AvgIpc) is 2.98. The zero-order chi connectivity index (χ0) is 21.3. The van der Waals surface area contributed by atoms with Gasteiger partial charge in [0.05, 0.1) is 19.6 Å². The minimum absolute atomic E-state index is 0.224. The van der Waals surface area contributed by atoms with Crippen molar-refractivity contribution in [3.05, 3.63) is 50.4 Å². The fraction of sp³-hybridized carbons (Fsp3) is 0.381. The Kier molecular flexibility index (Phi) is 5.93. The Hall–Kier alpha value is -2.87. The van der Waals surface area contributed by atoms with Crippen molar-refractivity contribution in [3.8, 4) is 11.5 Å². The molecule has 3 aromatic rings. The molecule has 2 aromatic heterocycles. The van der Waals surface area contributed by atoms with Gasteiger partial charge in [0, 0.05) is 11.3 Å². The number of hydrogen-bond acceptors (Lipinski definition) is 6. The lowest BCUT2D eigenvalue weighted by Crippen LogP contribution is -2.36. The average molecular weight is 416 g/mol. The fourth-order valence-corrected chi connectivity index (χ4v) is 4.52. The largest absolute Gasteiger partial charge is 0.493 e. The van der Waals surface area contributed by atoms with Crippen LogP contribution in [-0.4, -0.2) is 29.7 Å². The lowest BCUT2D eigenvalue weighted by Gasteiger charge is -2.19. The number of thiophene rings is 1. The molecule has 0 fully saturated rings. The summed E-state index contributed by atoms with van der Waals surface area (Å²) in [7, 11) is 3.14. The topological polar surface area (TPSA) is 96.4 Å². The highest BCUT2D eigenvalue weighted by molar-refractivity contribution is 7.18. The third-order valence-electron chi connectivity index (χ3n) is 5.15. The normalized spacial score (nSPS) is 12.2. The molecule has 3 rings (SSSR count). The van der Waals surface area contributed by atoms with Crippen LogP contribution in [-0.2, 0) is 11.2 Å². The molecule has 2 N–H and O–H groups in total. The molecule has 0 radical (unpaired) electrons. The van der Waals surface area contributed by atoms with Gasteiger partial charge in [0.1, 0.15) is 16.7 Å². The van der Waals surface area contributed by atoms with E-state index in [0.29, 0.717) is 40.4 Å². The van der Waals surface area contributed by atoms with Gasteiger partial charge in [0.25, 0.3) is 5.56 Å². The first-order valence-electron chi connectivity index (χ1n) is 9.33.